The molecule has 2 aromatic carbocycles. The Morgan fingerprint density at radius 3 is 2.44 bits per heavy atom. The van der Waals surface area contributed by atoms with Crippen LogP contribution in [-0.4, -0.2) is 34.8 Å². The number of hydrogen-bond acceptors (Lipinski definition) is 7. The number of methoxy groups -OCH3 is 2. The average Bonchev–Trinajstić information content (AvgIpc) is 3.23. The van der Waals surface area contributed by atoms with Crippen LogP contribution in [0.2, 0.25) is 0 Å². The number of amides is 1. The maximum absolute atomic E-state index is 12.8. The van der Waals surface area contributed by atoms with E-state index in [-0.39, 0.29) is 24.5 Å². The number of anilines is 1. The summed E-state index contributed by atoms with van der Waals surface area (Å²) in [5, 5.41) is 6.80. The Hall–Kier alpha value is -4.14. The molecule has 1 amide bonds. The van der Waals surface area contributed by atoms with Crippen molar-refractivity contribution in [2.45, 2.75) is 19.9 Å². The largest absolute Gasteiger partial charge is 0.497 e. The maximum Gasteiger partial charge on any atom is 0.299 e. The van der Waals surface area contributed by atoms with Crippen molar-refractivity contribution in [2.75, 3.05) is 19.5 Å². The molecule has 0 radical (unpaired) electrons. The standard InChI is InChI=1S/C23H22N4O5/c1-14-4-6-15(7-5-14)20-21-22(32-26-20)23(29)27(13-24-21)9-8-19(28)25-16-10-17(30-2)12-18(11-16)31-3/h4-7,10-13H,8-9H2,1-3H3,(H,25,28). The van der Waals surface area contributed by atoms with Gasteiger partial charge in [0.05, 0.1) is 20.5 Å². The molecule has 9 heteroatoms. The Morgan fingerprint density at radius 2 is 1.78 bits per heavy atom. The van der Waals surface area contributed by atoms with Gasteiger partial charge in [-0.3, -0.25) is 14.2 Å². The van der Waals surface area contributed by atoms with Crippen molar-refractivity contribution in [2.24, 2.45) is 0 Å². The zero-order valence-corrected chi connectivity index (χ0v) is 17.9. The fourth-order valence-corrected chi connectivity index (χ4v) is 3.24. The van der Waals surface area contributed by atoms with Gasteiger partial charge in [0.15, 0.2) is 0 Å². The lowest BCUT2D eigenvalue weighted by Crippen LogP contribution is -2.23. The monoisotopic (exact) mass is 434 g/mol. The van der Waals surface area contributed by atoms with Crippen molar-refractivity contribution >= 4 is 22.7 Å². The van der Waals surface area contributed by atoms with Gasteiger partial charge in [-0.15, -0.1) is 0 Å². The molecule has 164 valence electrons. The second kappa shape index (κ2) is 8.93. The number of nitrogens with zero attached hydrogens (tertiary/aromatic N) is 3. The molecule has 2 aromatic heterocycles. The van der Waals surface area contributed by atoms with Gasteiger partial charge < -0.3 is 19.3 Å². The van der Waals surface area contributed by atoms with Gasteiger partial charge >= 0.3 is 0 Å². The molecular weight excluding hydrogens is 412 g/mol. The van der Waals surface area contributed by atoms with Gasteiger partial charge in [0.25, 0.3) is 11.1 Å². The molecule has 32 heavy (non-hydrogen) atoms. The van der Waals surface area contributed by atoms with Crippen molar-refractivity contribution in [1.82, 2.24) is 14.7 Å². The molecule has 0 bridgehead atoms. The second-order valence-corrected chi connectivity index (χ2v) is 7.22. The molecule has 0 saturated carbocycles. The van der Waals surface area contributed by atoms with E-state index in [4.69, 9.17) is 14.0 Å². The number of carbonyl (C=O) groups is 1. The Morgan fingerprint density at radius 1 is 1.09 bits per heavy atom. The van der Waals surface area contributed by atoms with Crippen molar-refractivity contribution in [3.8, 4) is 22.8 Å². The lowest BCUT2D eigenvalue weighted by molar-refractivity contribution is -0.116. The molecule has 4 rings (SSSR count). The van der Waals surface area contributed by atoms with Crippen LogP contribution in [0.5, 0.6) is 11.5 Å². The van der Waals surface area contributed by atoms with E-state index in [1.54, 1.807) is 18.2 Å². The highest BCUT2D eigenvalue weighted by molar-refractivity contribution is 5.91. The van der Waals surface area contributed by atoms with Crippen molar-refractivity contribution < 1.29 is 18.8 Å². The third kappa shape index (κ3) is 4.31. The van der Waals surface area contributed by atoms with Crippen LogP contribution in [0, 0.1) is 6.92 Å². The first-order chi connectivity index (χ1) is 15.5. The molecule has 0 aliphatic carbocycles. The van der Waals surface area contributed by atoms with Gasteiger partial charge in [0.1, 0.15) is 22.7 Å². The number of fused-ring (bicyclic) bond motifs is 1. The summed E-state index contributed by atoms with van der Waals surface area (Å²) in [7, 11) is 3.06. The zero-order valence-electron chi connectivity index (χ0n) is 17.9. The summed E-state index contributed by atoms with van der Waals surface area (Å²) < 4.78 is 17.0. The molecule has 4 aromatic rings. The molecule has 0 atom stereocenters. The highest BCUT2D eigenvalue weighted by Gasteiger charge is 2.17. The fraction of sp³-hybridized carbons (Fsp3) is 0.217. The highest BCUT2D eigenvalue weighted by atomic mass is 16.5. The van der Waals surface area contributed by atoms with Crippen LogP contribution in [0.3, 0.4) is 0 Å². The maximum atomic E-state index is 12.8. The van der Waals surface area contributed by atoms with E-state index in [1.165, 1.54) is 25.1 Å². The van der Waals surface area contributed by atoms with E-state index in [9.17, 15) is 9.59 Å². The minimum absolute atomic E-state index is 0.0565. The second-order valence-electron chi connectivity index (χ2n) is 7.22. The third-order valence-electron chi connectivity index (χ3n) is 4.99. The molecule has 0 spiro atoms. The minimum atomic E-state index is -0.392. The zero-order chi connectivity index (χ0) is 22.7. The molecular formula is C23H22N4O5. The summed E-state index contributed by atoms with van der Waals surface area (Å²) in [5.41, 5.74) is 3.02. The number of nitrogens with one attached hydrogen (secondary N) is 1. The van der Waals surface area contributed by atoms with E-state index < -0.39 is 5.56 Å². The Bertz CT molecular complexity index is 1300. The summed E-state index contributed by atoms with van der Waals surface area (Å²) in [4.78, 5) is 29.6. The summed E-state index contributed by atoms with van der Waals surface area (Å²) >= 11 is 0. The van der Waals surface area contributed by atoms with Gasteiger partial charge in [-0.25, -0.2) is 4.98 Å². The van der Waals surface area contributed by atoms with E-state index in [1.807, 2.05) is 31.2 Å². The van der Waals surface area contributed by atoms with Crippen LogP contribution in [-0.2, 0) is 11.3 Å². The van der Waals surface area contributed by atoms with Gasteiger partial charge in [-0.1, -0.05) is 35.0 Å². The normalized spacial score (nSPS) is 10.8. The summed E-state index contributed by atoms with van der Waals surface area (Å²) in [5.74, 6) is 0.839. The molecule has 0 aliphatic heterocycles. The number of benzene rings is 2. The van der Waals surface area contributed by atoms with Gasteiger partial charge in [-0.2, -0.15) is 0 Å². The molecule has 0 aliphatic rings. The molecule has 2 heterocycles. The van der Waals surface area contributed by atoms with E-state index in [0.717, 1.165) is 11.1 Å². The molecule has 1 N–H and O–H groups in total. The van der Waals surface area contributed by atoms with E-state index in [2.05, 4.69) is 15.5 Å². The minimum Gasteiger partial charge on any atom is -0.497 e. The van der Waals surface area contributed by atoms with Crippen LogP contribution >= 0.6 is 0 Å². The number of ether oxygens (including phenoxy) is 2. The predicted octanol–water partition coefficient (Wildman–Crippen LogP) is 3.41. The van der Waals surface area contributed by atoms with Crippen LogP contribution in [0.15, 0.2) is 58.1 Å². The molecule has 0 fully saturated rings. The Labute approximate surface area is 183 Å². The van der Waals surface area contributed by atoms with Gasteiger partial charge in [0.2, 0.25) is 5.91 Å². The predicted molar refractivity (Wildman–Crippen MR) is 119 cm³/mol. The first-order valence-electron chi connectivity index (χ1n) is 9.93. The SMILES string of the molecule is COc1cc(NC(=O)CCn2cnc3c(-c4ccc(C)cc4)noc3c2=O)cc(OC)c1. The summed E-state index contributed by atoms with van der Waals surface area (Å²) in [6.45, 7) is 2.12. The lowest BCUT2D eigenvalue weighted by atomic mass is 10.1. The van der Waals surface area contributed by atoms with Crippen LogP contribution in [0.25, 0.3) is 22.4 Å². The van der Waals surface area contributed by atoms with Crippen LogP contribution in [0.4, 0.5) is 5.69 Å². The summed E-state index contributed by atoms with van der Waals surface area (Å²) in [6, 6.07) is 12.8. The molecule has 0 saturated heterocycles. The number of hydrogen-bond donors (Lipinski definition) is 1. The van der Waals surface area contributed by atoms with Crippen molar-refractivity contribution in [3.05, 3.63) is 64.7 Å². The van der Waals surface area contributed by atoms with E-state index in [0.29, 0.717) is 28.4 Å². The topological polar surface area (TPSA) is 108 Å². The number of carbonyl (C=O) groups excluding carboxylic acids is 1. The average molecular weight is 434 g/mol. The molecule has 9 nitrogen and oxygen atoms in total. The van der Waals surface area contributed by atoms with Gasteiger partial charge in [0, 0.05) is 42.4 Å². The molecule has 0 unspecified atom stereocenters. The number of rotatable bonds is 7. The van der Waals surface area contributed by atoms with E-state index >= 15 is 0 Å². The van der Waals surface area contributed by atoms with Gasteiger partial charge in [-0.05, 0) is 6.92 Å². The number of aryl methyl sites for hydroxylation is 2. The van der Waals surface area contributed by atoms with Crippen molar-refractivity contribution in [1.29, 1.82) is 0 Å². The fourth-order valence-electron chi connectivity index (χ4n) is 3.24. The Kier molecular flexibility index (Phi) is 5.89. The highest BCUT2D eigenvalue weighted by Crippen LogP contribution is 2.26. The smallest absolute Gasteiger partial charge is 0.299 e. The first-order valence-corrected chi connectivity index (χ1v) is 9.93. The lowest BCUT2D eigenvalue weighted by Gasteiger charge is -2.10. The first kappa shape index (κ1) is 21.1. The summed E-state index contributed by atoms with van der Waals surface area (Å²) in [6.07, 6.45) is 1.47. The van der Waals surface area contributed by atoms with Crippen LogP contribution in [0.1, 0.15) is 12.0 Å². The number of aromatic nitrogens is 3. The third-order valence-corrected chi connectivity index (χ3v) is 4.99. The Balaban J connectivity index is 1.49. The van der Waals surface area contributed by atoms with Crippen molar-refractivity contribution in [3.63, 3.8) is 0 Å². The van der Waals surface area contributed by atoms with Crippen LogP contribution < -0.4 is 20.3 Å². The quantitative estimate of drug-likeness (QED) is 0.475.